The van der Waals surface area contributed by atoms with E-state index in [2.05, 4.69) is 15.4 Å². The molecule has 7 nitrogen and oxygen atoms in total. The van der Waals surface area contributed by atoms with Crippen LogP contribution < -0.4 is 10.6 Å². The number of para-hydroxylation sites is 1. The third-order valence-electron chi connectivity index (χ3n) is 2.28. The number of anilines is 1. The summed E-state index contributed by atoms with van der Waals surface area (Å²) in [4.78, 5) is 34.2. The second-order valence-electron chi connectivity index (χ2n) is 3.66. The number of amides is 2. The lowest BCUT2D eigenvalue weighted by atomic mass is 10.2. The van der Waals surface area contributed by atoms with E-state index in [0.29, 0.717) is 5.69 Å². The standard InChI is InChI=1S/C13H16N2O5/c1-3-20-12(17)9-6-4-5-7-10(9)15-11(16)8-14-13(18)19-2/h4-7H,3,8H2,1-2H3,(H,14,18)(H,15,16). The van der Waals surface area contributed by atoms with Crippen LogP contribution in [0.25, 0.3) is 0 Å². The topological polar surface area (TPSA) is 93.7 Å². The van der Waals surface area contributed by atoms with Crippen LogP contribution in [0, 0.1) is 0 Å². The molecule has 108 valence electrons. The third-order valence-corrected chi connectivity index (χ3v) is 2.28. The van der Waals surface area contributed by atoms with Crippen molar-refractivity contribution in [2.45, 2.75) is 6.92 Å². The SMILES string of the molecule is CCOC(=O)c1ccccc1NC(=O)CNC(=O)OC. The molecule has 0 aliphatic carbocycles. The normalized spacial score (nSPS) is 9.50. The van der Waals surface area contributed by atoms with Crippen molar-refractivity contribution in [2.24, 2.45) is 0 Å². The summed E-state index contributed by atoms with van der Waals surface area (Å²) >= 11 is 0. The summed E-state index contributed by atoms with van der Waals surface area (Å²) in [7, 11) is 1.20. The van der Waals surface area contributed by atoms with E-state index in [4.69, 9.17) is 4.74 Å². The van der Waals surface area contributed by atoms with Gasteiger partial charge in [-0.2, -0.15) is 0 Å². The van der Waals surface area contributed by atoms with Crippen LogP contribution in [0.15, 0.2) is 24.3 Å². The Kier molecular flexibility index (Phi) is 6.02. The van der Waals surface area contributed by atoms with E-state index < -0.39 is 18.0 Å². The summed E-state index contributed by atoms with van der Waals surface area (Å²) in [6, 6.07) is 6.45. The Morgan fingerprint density at radius 3 is 2.55 bits per heavy atom. The Morgan fingerprint density at radius 2 is 1.90 bits per heavy atom. The lowest BCUT2D eigenvalue weighted by Crippen LogP contribution is -2.33. The first-order chi connectivity index (χ1) is 9.58. The zero-order valence-electron chi connectivity index (χ0n) is 11.3. The number of ether oxygens (including phenoxy) is 2. The third kappa shape index (κ3) is 4.60. The molecule has 0 saturated carbocycles. The minimum absolute atomic E-state index is 0.241. The van der Waals surface area contributed by atoms with Gasteiger partial charge in [0, 0.05) is 0 Å². The fraction of sp³-hybridized carbons (Fsp3) is 0.308. The lowest BCUT2D eigenvalue weighted by Gasteiger charge is -2.10. The van der Waals surface area contributed by atoms with Crippen LogP contribution in [0.3, 0.4) is 0 Å². The van der Waals surface area contributed by atoms with Gasteiger partial charge in [-0.05, 0) is 19.1 Å². The average Bonchev–Trinajstić information content (AvgIpc) is 2.45. The van der Waals surface area contributed by atoms with Gasteiger partial charge >= 0.3 is 12.1 Å². The highest BCUT2D eigenvalue weighted by molar-refractivity contribution is 6.02. The van der Waals surface area contributed by atoms with Crippen molar-refractivity contribution in [3.63, 3.8) is 0 Å². The molecule has 1 rings (SSSR count). The van der Waals surface area contributed by atoms with Crippen LogP contribution in [0.1, 0.15) is 17.3 Å². The molecule has 0 aliphatic rings. The number of benzene rings is 1. The highest BCUT2D eigenvalue weighted by atomic mass is 16.5. The molecule has 2 N–H and O–H groups in total. The van der Waals surface area contributed by atoms with Crippen LogP contribution in [-0.4, -0.2) is 38.2 Å². The van der Waals surface area contributed by atoms with E-state index in [9.17, 15) is 14.4 Å². The molecule has 0 spiro atoms. The minimum Gasteiger partial charge on any atom is -0.462 e. The molecule has 1 aromatic rings. The summed E-state index contributed by atoms with van der Waals surface area (Å²) in [6.07, 6.45) is -0.709. The molecular weight excluding hydrogens is 264 g/mol. The summed E-state index contributed by atoms with van der Waals surface area (Å²) < 4.78 is 9.23. The van der Waals surface area contributed by atoms with E-state index in [0.717, 1.165) is 0 Å². The van der Waals surface area contributed by atoms with Gasteiger partial charge in [-0.3, -0.25) is 4.79 Å². The van der Waals surface area contributed by atoms with Gasteiger partial charge in [0.15, 0.2) is 0 Å². The molecule has 0 radical (unpaired) electrons. The number of hydrogen-bond acceptors (Lipinski definition) is 5. The van der Waals surface area contributed by atoms with Gasteiger partial charge < -0.3 is 20.1 Å². The Bertz CT molecular complexity index is 501. The number of rotatable bonds is 5. The number of nitrogens with one attached hydrogen (secondary N) is 2. The summed E-state index contributed by atoms with van der Waals surface area (Å²) in [5, 5.41) is 4.76. The van der Waals surface area contributed by atoms with Crippen molar-refractivity contribution < 1.29 is 23.9 Å². The fourth-order valence-corrected chi connectivity index (χ4v) is 1.40. The second-order valence-corrected chi connectivity index (χ2v) is 3.66. The largest absolute Gasteiger partial charge is 0.462 e. The first-order valence-corrected chi connectivity index (χ1v) is 5.96. The Balaban J connectivity index is 2.69. The number of carbonyl (C=O) groups excluding carboxylic acids is 3. The first kappa shape index (κ1) is 15.5. The number of alkyl carbamates (subject to hydrolysis) is 1. The molecule has 0 fully saturated rings. The van der Waals surface area contributed by atoms with Crippen molar-refractivity contribution in [1.29, 1.82) is 0 Å². The molecule has 2 amide bonds. The van der Waals surface area contributed by atoms with Gasteiger partial charge in [0.25, 0.3) is 0 Å². The summed E-state index contributed by atoms with van der Waals surface area (Å²) in [6.45, 7) is 1.67. The highest BCUT2D eigenvalue weighted by Gasteiger charge is 2.14. The maximum absolute atomic E-state index is 11.7. The molecule has 0 unspecified atom stereocenters. The van der Waals surface area contributed by atoms with Gasteiger partial charge in [0.1, 0.15) is 6.54 Å². The van der Waals surface area contributed by atoms with Gasteiger partial charge in [-0.1, -0.05) is 12.1 Å². The van der Waals surface area contributed by atoms with E-state index in [1.54, 1.807) is 31.2 Å². The maximum atomic E-state index is 11.7. The van der Waals surface area contributed by atoms with E-state index in [-0.39, 0.29) is 18.7 Å². The number of esters is 1. The molecule has 0 heterocycles. The lowest BCUT2D eigenvalue weighted by molar-refractivity contribution is -0.115. The van der Waals surface area contributed by atoms with Crippen molar-refractivity contribution in [2.75, 3.05) is 25.6 Å². The maximum Gasteiger partial charge on any atom is 0.407 e. The summed E-state index contributed by atoms with van der Waals surface area (Å²) in [5.74, 6) is -1.00. The Morgan fingerprint density at radius 1 is 1.20 bits per heavy atom. The molecule has 20 heavy (non-hydrogen) atoms. The van der Waals surface area contributed by atoms with Crippen molar-refractivity contribution in [3.05, 3.63) is 29.8 Å². The van der Waals surface area contributed by atoms with Gasteiger partial charge in [-0.15, -0.1) is 0 Å². The molecule has 0 atom stereocenters. The minimum atomic E-state index is -0.709. The van der Waals surface area contributed by atoms with Crippen LogP contribution >= 0.6 is 0 Å². The quantitative estimate of drug-likeness (QED) is 0.789. The molecule has 0 aromatic heterocycles. The molecule has 0 aliphatic heterocycles. The second kappa shape index (κ2) is 7.78. The molecule has 0 saturated heterocycles. The number of methoxy groups -OCH3 is 1. The monoisotopic (exact) mass is 280 g/mol. The molecule has 0 bridgehead atoms. The van der Waals surface area contributed by atoms with E-state index in [1.165, 1.54) is 7.11 Å². The van der Waals surface area contributed by atoms with Crippen molar-refractivity contribution >= 4 is 23.7 Å². The molecule has 1 aromatic carbocycles. The van der Waals surface area contributed by atoms with Gasteiger partial charge in [0.05, 0.1) is 25.0 Å². The summed E-state index contributed by atoms with van der Waals surface area (Å²) in [5.41, 5.74) is 0.573. The van der Waals surface area contributed by atoms with Crippen LogP contribution in [0.2, 0.25) is 0 Å². The Labute approximate surface area is 116 Å². The first-order valence-electron chi connectivity index (χ1n) is 5.96. The predicted octanol–water partition coefficient (Wildman–Crippen LogP) is 1.16. The fourth-order valence-electron chi connectivity index (χ4n) is 1.40. The number of hydrogen-bond donors (Lipinski definition) is 2. The number of carbonyl (C=O) groups is 3. The van der Waals surface area contributed by atoms with Crippen molar-refractivity contribution in [3.8, 4) is 0 Å². The van der Waals surface area contributed by atoms with E-state index >= 15 is 0 Å². The van der Waals surface area contributed by atoms with E-state index in [1.807, 2.05) is 0 Å². The molecule has 7 heteroatoms. The van der Waals surface area contributed by atoms with Crippen LogP contribution in [0.4, 0.5) is 10.5 Å². The zero-order chi connectivity index (χ0) is 15.0. The predicted molar refractivity (Wildman–Crippen MR) is 71.4 cm³/mol. The van der Waals surface area contributed by atoms with Crippen LogP contribution in [-0.2, 0) is 14.3 Å². The van der Waals surface area contributed by atoms with Gasteiger partial charge in [0.2, 0.25) is 5.91 Å². The highest BCUT2D eigenvalue weighted by Crippen LogP contribution is 2.15. The average molecular weight is 280 g/mol. The van der Waals surface area contributed by atoms with Crippen LogP contribution in [0.5, 0.6) is 0 Å². The smallest absolute Gasteiger partial charge is 0.407 e. The Hall–Kier alpha value is -2.57. The molecular formula is C13H16N2O5. The zero-order valence-corrected chi connectivity index (χ0v) is 11.3. The van der Waals surface area contributed by atoms with Crippen molar-refractivity contribution in [1.82, 2.24) is 5.32 Å². The van der Waals surface area contributed by atoms with Gasteiger partial charge in [-0.25, -0.2) is 9.59 Å².